The van der Waals surface area contributed by atoms with Crippen LogP contribution in [-0.2, 0) is 6.42 Å². The molecule has 0 amide bonds. The zero-order chi connectivity index (χ0) is 13.5. The van der Waals surface area contributed by atoms with Gasteiger partial charge in [0.15, 0.2) is 11.5 Å². The summed E-state index contributed by atoms with van der Waals surface area (Å²) in [6.45, 7) is 3.25. The molecule has 1 saturated heterocycles. The Bertz CT molecular complexity index is 395. The lowest BCUT2D eigenvalue weighted by Crippen LogP contribution is -2.43. The van der Waals surface area contributed by atoms with E-state index in [1.54, 1.807) is 14.2 Å². The number of rotatable bonds is 6. The highest BCUT2D eigenvalue weighted by atomic mass is 35.5. The van der Waals surface area contributed by atoms with Gasteiger partial charge in [0, 0.05) is 12.6 Å². The third kappa shape index (κ3) is 4.85. The maximum atomic E-state index is 5.32. The Morgan fingerprint density at radius 1 is 1.25 bits per heavy atom. The van der Waals surface area contributed by atoms with E-state index in [0.29, 0.717) is 6.04 Å². The number of hydrogen-bond donors (Lipinski definition) is 2. The number of benzene rings is 1. The fourth-order valence-corrected chi connectivity index (χ4v) is 2.48. The van der Waals surface area contributed by atoms with Crippen LogP contribution in [0, 0.1) is 0 Å². The summed E-state index contributed by atoms with van der Waals surface area (Å²) in [4.78, 5) is 0. The summed E-state index contributed by atoms with van der Waals surface area (Å²) in [6, 6.07) is 6.74. The zero-order valence-corrected chi connectivity index (χ0v) is 13.1. The molecular weight excluding hydrogens is 276 g/mol. The molecule has 20 heavy (non-hydrogen) atoms. The van der Waals surface area contributed by atoms with Gasteiger partial charge in [-0.25, -0.2) is 0 Å². The molecule has 1 aliphatic rings. The van der Waals surface area contributed by atoms with E-state index in [0.717, 1.165) is 37.6 Å². The van der Waals surface area contributed by atoms with Crippen molar-refractivity contribution in [2.24, 2.45) is 0 Å². The summed E-state index contributed by atoms with van der Waals surface area (Å²) in [5.41, 5.74) is 1.27. The molecule has 0 aliphatic carbocycles. The second-order valence-corrected chi connectivity index (χ2v) is 4.94. The standard InChI is InChI=1S/C15H24N2O2.ClH/c1-18-14-6-5-12(10-15(14)19-2)7-9-17-13-4-3-8-16-11-13;/h5-6,10,13,16-17H,3-4,7-9,11H2,1-2H3;1H. The van der Waals surface area contributed by atoms with E-state index >= 15 is 0 Å². The lowest BCUT2D eigenvalue weighted by molar-refractivity contribution is 0.354. The van der Waals surface area contributed by atoms with E-state index in [1.807, 2.05) is 6.07 Å². The van der Waals surface area contributed by atoms with Crippen molar-refractivity contribution in [2.45, 2.75) is 25.3 Å². The molecule has 1 heterocycles. The van der Waals surface area contributed by atoms with Gasteiger partial charge < -0.3 is 20.1 Å². The van der Waals surface area contributed by atoms with Crippen molar-refractivity contribution >= 4 is 12.4 Å². The van der Waals surface area contributed by atoms with E-state index in [2.05, 4.69) is 22.8 Å². The Balaban J connectivity index is 0.00000200. The average Bonchev–Trinajstić information content (AvgIpc) is 2.48. The minimum absolute atomic E-state index is 0. The first-order valence-corrected chi connectivity index (χ1v) is 6.98. The molecule has 5 heteroatoms. The summed E-state index contributed by atoms with van der Waals surface area (Å²) < 4.78 is 10.6. The molecule has 1 fully saturated rings. The smallest absolute Gasteiger partial charge is 0.160 e. The minimum Gasteiger partial charge on any atom is -0.493 e. The molecule has 0 radical (unpaired) electrons. The van der Waals surface area contributed by atoms with Crippen LogP contribution in [-0.4, -0.2) is 39.9 Å². The van der Waals surface area contributed by atoms with Crippen LogP contribution >= 0.6 is 12.4 Å². The summed E-state index contributed by atoms with van der Waals surface area (Å²) >= 11 is 0. The monoisotopic (exact) mass is 300 g/mol. The molecule has 0 spiro atoms. The Morgan fingerprint density at radius 3 is 2.70 bits per heavy atom. The molecule has 1 aliphatic heterocycles. The third-order valence-corrected chi connectivity index (χ3v) is 3.59. The first-order valence-electron chi connectivity index (χ1n) is 6.98. The van der Waals surface area contributed by atoms with Crippen LogP contribution in [0.4, 0.5) is 0 Å². The number of halogens is 1. The fourth-order valence-electron chi connectivity index (χ4n) is 2.48. The molecule has 0 aromatic heterocycles. The predicted molar refractivity (Wildman–Crippen MR) is 84.4 cm³/mol. The van der Waals surface area contributed by atoms with Crippen molar-refractivity contribution in [1.29, 1.82) is 0 Å². The largest absolute Gasteiger partial charge is 0.493 e. The maximum absolute atomic E-state index is 5.32. The summed E-state index contributed by atoms with van der Waals surface area (Å²) in [7, 11) is 3.34. The lowest BCUT2D eigenvalue weighted by Gasteiger charge is -2.23. The SMILES string of the molecule is COc1ccc(CCNC2CCCNC2)cc1OC.Cl. The molecule has 1 aromatic rings. The van der Waals surface area contributed by atoms with Crippen molar-refractivity contribution in [2.75, 3.05) is 33.9 Å². The van der Waals surface area contributed by atoms with E-state index in [-0.39, 0.29) is 12.4 Å². The van der Waals surface area contributed by atoms with Crippen LogP contribution in [0.25, 0.3) is 0 Å². The Morgan fingerprint density at radius 2 is 2.05 bits per heavy atom. The average molecular weight is 301 g/mol. The van der Waals surface area contributed by atoms with Crippen molar-refractivity contribution in [3.8, 4) is 11.5 Å². The van der Waals surface area contributed by atoms with Gasteiger partial charge in [-0.3, -0.25) is 0 Å². The number of hydrogen-bond acceptors (Lipinski definition) is 4. The van der Waals surface area contributed by atoms with Crippen molar-refractivity contribution < 1.29 is 9.47 Å². The highest BCUT2D eigenvalue weighted by Crippen LogP contribution is 2.27. The lowest BCUT2D eigenvalue weighted by atomic mass is 10.1. The van der Waals surface area contributed by atoms with Crippen molar-refractivity contribution in [1.82, 2.24) is 10.6 Å². The van der Waals surface area contributed by atoms with Crippen LogP contribution < -0.4 is 20.1 Å². The van der Waals surface area contributed by atoms with Gasteiger partial charge >= 0.3 is 0 Å². The first-order chi connectivity index (χ1) is 9.33. The molecule has 114 valence electrons. The summed E-state index contributed by atoms with van der Waals surface area (Å²) in [5.74, 6) is 1.59. The van der Waals surface area contributed by atoms with Crippen molar-refractivity contribution in [3.63, 3.8) is 0 Å². The summed E-state index contributed by atoms with van der Waals surface area (Å²) in [6.07, 6.45) is 3.56. The van der Waals surface area contributed by atoms with E-state index in [4.69, 9.17) is 9.47 Å². The van der Waals surface area contributed by atoms with E-state index in [9.17, 15) is 0 Å². The van der Waals surface area contributed by atoms with Gasteiger partial charge in [-0.05, 0) is 50.0 Å². The first kappa shape index (κ1) is 17.1. The van der Waals surface area contributed by atoms with Crippen LogP contribution in [0.2, 0.25) is 0 Å². The Labute approximate surface area is 127 Å². The minimum atomic E-state index is 0. The molecule has 1 atom stereocenters. The fraction of sp³-hybridized carbons (Fsp3) is 0.600. The van der Waals surface area contributed by atoms with Gasteiger partial charge in [-0.1, -0.05) is 6.07 Å². The van der Waals surface area contributed by atoms with Gasteiger partial charge in [0.05, 0.1) is 14.2 Å². The molecule has 0 bridgehead atoms. The van der Waals surface area contributed by atoms with Gasteiger partial charge in [-0.2, -0.15) is 0 Å². The molecule has 4 nitrogen and oxygen atoms in total. The van der Waals surface area contributed by atoms with Crippen LogP contribution in [0.1, 0.15) is 18.4 Å². The second kappa shape index (κ2) is 9.06. The quantitative estimate of drug-likeness (QED) is 0.843. The predicted octanol–water partition coefficient (Wildman–Crippen LogP) is 2.01. The molecular formula is C15H25ClN2O2. The number of methoxy groups -OCH3 is 2. The molecule has 0 saturated carbocycles. The van der Waals surface area contributed by atoms with Crippen LogP contribution in [0.3, 0.4) is 0 Å². The topological polar surface area (TPSA) is 42.5 Å². The number of ether oxygens (including phenoxy) is 2. The van der Waals surface area contributed by atoms with Gasteiger partial charge in [-0.15, -0.1) is 12.4 Å². The second-order valence-electron chi connectivity index (χ2n) is 4.94. The van der Waals surface area contributed by atoms with Crippen LogP contribution in [0.5, 0.6) is 11.5 Å². The normalized spacial score (nSPS) is 18.2. The van der Waals surface area contributed by atoms with Gasteiger partial charge in [0.25, 0.3) is 0 Å². The van der Waals surface area contributed by atoms with Gasteiger partial charge in [0.1, 0.15) is 0 Å². The summed E-state index contributed by atoms with van der Waals surface area (Å²) in [5, 5.41) is 7.02. The maximum Gasteiger partial charge on any atom is 0.160 e. The van der Waals surface area contributed by atoms with Gasteiger partial charge in [0.2, 0.25) is 0 Å². The van der Waals surface area contributed by atoms with Crippen molar-refractivity contribution in [3.05, 3.63) is 23.8 Å². The highest BCUT2D eigenvalue weighted by molar-refractivity contribution is 5.85. The zero-order valence-electron chi connectivity index (χ0n) is 12.3. The molecule has 1 unspecified atom stereocenters. The number of nitrogens with one attached hydrogen (secondary N) is 2. The molecule has 2 rings (SSSR count). The number of piperidine rings is 1. The van der Waals surface area contributed by atoms with E-state index in [1.165, 1.54) is 18.4 Å². The molecule has 1 aromatic carbocycles. The van der Waals surface area contributed by atoms with E-state index < -0.39 is 0 Å². The Kier molecular flexibility index (Phi) is 7.73. The highest BCUT2D eigenvalue weighted by Gasteiger charge is 2.11. The Hall–Kier alpha value is -0.970. The molecule has 2 N–H and O–H groups in total. The van der Waals surface area contributed by atoms with Crippen LogP contribution in [0.15, 0.2) is 18.2 Å². The third-order valence-electron chi connectivity index (χ3n) is 3.59.